The molecule has 0 amide bonds. The number of rotatable bonds is 2. The molecule has 0 spiro atoms. The van der Waals surface area contributed by atoms with Crippen LogP contribution in [-0.2, 0) is 0 Å². The molecule has 2 rings (SSSR count). The fourth-order valence-electron chi connectivity index (χ4n) is 1.24. The zero-order valence-corrected chi connectivity index (χ0v) is 9.11. The van der Waals surface area contributed by atoms with Gasteiger partial charge in [0, 0.05) is 9.75 Å². The molecule has 2 aromatic rings. The van der Waals surface area contributed by atoms with Crippen LogP contribution in [0.1, 0.15) is 15.2 Å². The zero-order chi connectivity index (χ0) is 10.1. The Kier molecular flexibility index (Phi) is 2.39. The van der Waals surface area contributed by atoms with Crippen molar-refractivity contribution in [3.05, 3.63) is 34.0 Å². The Hall–Kier alpha value is -1.13. The minimum atomic E-state index is -0.846. The Bertz CT molecular complexity index is 454. The molecule has 2 aromatic heterocycles. The largest absolute Gasteiger partial charge is 0.477 e. The first kappa shape index (κ1) is 9.43. The fraction of sp³-hybridized carbons (Fsp3) is 0.100. The summed E-state index contributed by atoms with van der Waals surface area (Å²) in [6.07, 6.45) is 0. The van der Waals surface area contributed by atoms with Crippen LogP contribution in [0.15, 0.2) is 23.6 Å². The Morgan fingerprint density at radius 3 is 2.79 bits per heavy atom. The number of carboxylic acid groups (broad SMARTS) is 1. The van der Waals surface area contributed by atoms with Gasteiger partial charge in [-0.3, -0.25) is 0 Å². The van der Waals surface area contributed by atoms with Crippen LogP contribution in [0.2, 0.25) is 0 Å². The quantitative estimate of drug-likeness (QED) is 0.847. The predicted octanol–water partition coefficient (Wildman–Crippen LogP) is 3.48. The van der Waals surface area contributed by atoms with Gasteiger partial charge in [0.1, 0.15) is 4.88 Å². The normalized spacial score (nSPS) is 10.4. The summed E-state index contributed by atoms with van der Waals surface area (Å²) < 4.78 is 0. The van der Waals surface area contributed by atoms with Gasteiger partial charge in [0.15, 0.2) is 0 Å². The molecule has 2 heterocycles. The molecule has 0 saturated carbocycles. The van der Waals surface area contributed by atoms with Crippen molar-refractivity contribution >= 4 is 28.6 Å². The van der Waals surface area contributed by atoms with Crippen LogP contribution in [0.4, 0.5) is 0 Å². The summed E-state index contributed by atoms with van der Waals surface area (Å²) in [7, 11) is 0. The van der Waals surface area contributed by atoms with E-state index >= 15 is 0 Å². The summed E-state index contributed by atoms with van der Waals surface area (Å²) in [4.78, 5) is 13.4. The number of aromatic carboxylic acids is 1. The summed E-state index contributed by atoms with van der Waals surface area (Å²) in [5, 5.41) is 10.8. The SMILES string of the molecule is Cc1cc(C(=O)O)sc1-c1cccs1. The van der Waals surface area contributed by atoms with E-state index in [0.29, 0.717) is 4.88 Å². The molecule has 0 unspecified atom stereocenters. The summed E-state index contributed by atoms with van der Waals surface area (Å²) in [5.41, 5.74) is 1.04. The monoisotopic (exact) mass is 224 g/mol. The fourth-order valence-corrected chi connectivity index (χ4v) is 3.17. The van der Waals surface area contributed by atoms with Crippen LogP contribution in [0.3, 0.4) is 0 Å². The number of hydrogen-bond acceptors (Lipinski definition) is 3. The van der Waals surface area contributed by atoms with E-state index in [9.17, 15) is 4.79 Å². The second-order valence-electron chi connectivity index (χ2n) is 2.91. The molecule has 0 aromatic carbocycles. The molecule has 0 fully saturated rings. The van der Waals surface area contributed by atoms with E-state index in [-0.39, 0.29) is 0 Å². The maximum Gasteiger partial charge on any atom is 0.345 e. The summed E-state index contributed by atoms with van der Waals surface area (Å²) >= 11 is 2.97. The van der Waals surface area contributed by atoms with Gasteiger partial charge in [-0.2, -0.15) is 0 Å². The van der Waals surface area contributed by atoms with E-state index in [0.717, 1.165) is 15.3 Å². The highest BCUT2D eigenvalue weighted by atomic mass is 32.1. The van der Waals surface area contributed by atoms with Crippen LogP contribution in [0, 0.1) is 6.92 Å². The van der Waals surface area contributed by atoms with E-state index < -0.39 is 5.97 Å². The standard InChI is InChI=1S/C10H8O2S2/c1-6-5-8(10(11)12)14-9(6)7-3-2-4-13-7/h2-5H,1H3,(H,11,12). The second-order valence-corrected chi connectivity index (χ2v) is 4.91. The smallest absolute Gasteiger partial charge is 0.345 e. The number of aryl methyl sites for hydroxylation is 1. The van der Waals surface area contributed by atoms with Crippen LogP contribution in [-0.4, -0.2) is 11.1 Å². The molecule has 0 aliphatic heterocycles. The molecule has 0 bridgehead atoms. The molecule has 1 N–H and O–H groups in total. The van der Waals surface area contributed by atoms with Crippen molar-refractivity contribution in [2.75, 3.05) is 0 Å². The lowest BCUT2D eigenvalue weighted by Gasteiger charge is -1.91. The zero-order valence-electron chi connectivity index (χ0n) is 7.48. The number of hydrogen-bond donors (Lipinski definition) is 1. The number of thiophene rings is 2. The third-order valence-electron chi connectivity index (χ3n) is 1.87. The molecule has 2 nitrogen and oxygen atoms in total. The molecule has 0 radical (unpaired) electrons. The lowest BCUT2D eigenvalue weighted by molar-refractivity contribution is 0.0702. The highest BCUT2D eigenvalue weighted by molar-refractivity contribution is 7.22. The Morgan fingerprint density at radius 1 is 1.50 bits per heavy atom. The first-order valence-corrected chi connectivity index (χ1v) is 5.75. The van der Waals surface area contributed by atoms with Gasteiger partial charge in [0.05, 0.1) is 0 Å². The van der Waals surface area contributed by atoms with Crippen molar-refractivity contribution in [2.24, 2.45) is 0 Å². The Morgan fingerprint density at radius 2 is 2.29 bits per heavy atom. The highest BCUT2D eigenvalue weighted by Crippen LogP contribution is 2.34. The maximum absolute atomic E-state index is 10.7. The lowest BCUT2D eigenvalue weighted by atomic mass is 10.2. The minimum absolute atomic E-state index is 0.408. The third-order valence-corrected chi connectivity index (χ3v) is 4.15. The van der Waals surface area contributed by atoms with E-state index in [1.807, 2.05) is 24.4 Å². The van der Waals surface area contributed by atoms with E-state index in [1.165, 1.54) is 11.3 Å². The van der Waals surface area contributed by atoms with Crippen LogP contribution >= 0.6 is 22.7 Å². The molecule has 72 valence electrons. The molecule has 14 heavy (non-hydrogen) atoms. The summed E-state index contributed by atoms with van der Waals surface area (Å²) in [5.74, 6) is -0.846. The molecular formula is C10H8O2S2. The van der Waals surface area contributed by atoms with Gasteiger partial charge in [-0.25, -0.2) is 4.79 Å². The third kappa shape index (κ3) is 1.58. The number of carboxylic acids is 1. The van der Waals surface area contributed by atoms with Gasteiger partial charge in [-0.05, 0) is 30.0 Å². The molecule has 0 saturated heterocycles. The molecule has 0 aliphatic carbocycles. The van der Waals surface area contributed by atoms with E-state index in [1.54, 1.807) is 17.4 Å². The average molecular weight is 224 g/mol. The summed E-state index contributed by atoms with van der Waals surface area (Å²) in [6, 6.07) is 5.71. The minimum Gasteiger partial charge on any atom is -0.477 e. The van der Waals surface area contributed by atoms with Crippen LogP contribution in [0.25, 0.3) is 9.75 Å². The van der Waals surface area contributed by atoms with Crippen molar-refractivity contribution in [3.63, 3.8) is 0 Å². The van der Waals surface area contributed by atoms with Crippen molar-refractivity contribution in [3.8, 4) is 9.75 Å². The Balaban J connectivity index is 2.50. The summed E-state index contributed by atoms with van der Waals surface area (Å²) in [6.45, 7) is 1.94. The van der Waals surface area contributed by atoms with Gasteiger partial charge < -0.3 is 5.11 Å². The topological polar surface area (TPSA) is 37.3 Å². The van der Waals surface area contributed by atoms with Gasteiger partial charge in [-0.1, -0.05) is 6.07 Å². The second kappa shape index (κ2) is 3.55. The van der Waals surface area contributed by atoms with Crippen molar-refractivity contribution in [1.29, 1.82) is 0 Å². The molecule has 0 aliphatic rings. The molecule has 0 atom stereocenters. The lowest BCUT2D eigenvalue weighted by Crippen LogP contribution is -1.89. The number of carbonyl (C=O) groups is 1. The van der Waals surface area contributed by atoms with Crippen LogP contribution in [0.5, 0.6) is 0 Å². The molecular weight excluding hydrogens is 216 g/mol. The first-order chi connectivity index (χ1) is 6.68. The van der Waals surface area contributed by atoms with E-state index in [2.05, 4.69) is 0 Å². The molecule has 4 heteroatoms. The van der Waals surface area contributed by atoms with E-state index in [4.69, 9.17) is 5.11 Å². The van der Waals surface area contributed by atoms with Crippen molar-refractivity contribution < 1.29 is 9.90 Å². The Labute approximate surface area is 89.5 Å². The first-order valence-electron chi connectivity index (χ1n) is 4.06. The van der Waals surface area contributed by atoms with Gasteiger partial charge in [0.2, 0.25) is 0 Å². The highest BCUT2D eigenvalue weighted by Gasteiger charge is 2.12. The van der Waals surface area contributed by atoms with Gasteiger partial charge >= 0.3 is 5.97 Å². The predicted molar refractivity (Wildman–Crippen MR) is 59.3 cm³/mol. The van der Waals surface area contributed by atoms with Crippen molar-refractivity contribution in [2.45, 2.75) is 6.92 Å². The average Bonchev–Trinajstić information content (AvgIpc) is 2.71. The van der Waals surface area contributed by atoms with Crippen LogP contribution < -0.4 is 0 Å². The van der Waals surface area contributed by atoms with Gasteiger partial charge in [0.25, 0.3) is 0 Å². The van der Waals surface area contributed by atoms with Crippen molar-refractivity contribution in [1.82, 2.24) is 0 Å². The van der Waals surface area contributed by atoms with Gasteiger partial charge in [-0.15, -0.1) is 22.7 Å². The maximum atomic E-state index is 10.7.